The second-order valence-electron chi connectivity index (χ2n) is 3.70. The molecule has 0 saturated carbocycles. The van der Waals surface area contributed by atoms with Crippen molar-refractivity contribution in [1.29, 1.82) is 0 Å². The van der Waals surface area contributed by atoms with Crippen LogP contribution in [-0.4, -0.2) is 4.98 Å². The van der Waals surface area contributed by atoms with Gasteiger partial charge in [0.25, 0.3) is 6.33 Å². The fourth-order valence-electron chi connectivity index (χ4n) is 1.63. The Morgan fingerprint density at radius 2 is 2.06 bits per heavy atom. The molecule has 17 heavy (non-hydrogen) atoms. The van der Waals surface area contributed by atoms with Gasteiger partial charge in [0.05, 0.1) is 7.05 Å². The largest absolute Gasteiger partial charge is 0.357 e. The summed E-state index contributed by atoms with van der Waals surface area (Å²) < 4.78 is 1.94. The van der Waals surface area contributed by atoms with E-state index in [4.69, 9.17) is 6.58 Å². The Kier molecular flexibility index (Phi) is 5.16. The summed E-state index contributed by atoms with van der Waals surface area (Å²) in [4.78, 5) is 4.14. The van der Waals surface area contributed by atoms with Gasteiger partial charge in [0.15, 0.2) is 0 Å². The summed E-state index contributed by atoms with van der Waals surface area (Å²) in [5.41, 5.74) is 4.01. The molecule has 0 atom stereocenters. The molecule has 0 spiro atoms. The molecule has 2 nitrogen and oxygen atoms in total. The number of aryl methyl sites for hydroxylation is 2. The molecule has 0 bridgehead atoms. The van der Waals surface area contributed by atoms with Gasteiger partial charge in [-0.05, 0) is 0 Å². The normalized spacial score (nSPS) is 9.53. The summed E-state index contributed by atoms with van der Waals surface area (Å²) in [5.74, 6) is 0. The van der Waals surface area contributed by atoms with Gasteiger partial charge in [0.1, 0.15) is 0 Å². The van der Waals surface area contributed by atoms with Crippen molar-refractivity contribution in [3.8, 4) is 11.3 Å². The first-order valence-electron chi connectivity index (χ1n) is 5.11. The van der Waals surface area contributed by atoms with Crippen LogP contribution in [-0.2, 0) is 39.8 Å². The van der Waals surface area contributed by atoms with Crippen molar-refractivity contribution in [2.45, 2.75) is 6.92 Å². The molecule has 0 N–H and O–H groups in total. The van der Waals surface area contributed by atoms with Gasteiger partial charge < -0.3 is 6.58 Å². The third-order valence-corrected chi connectivity index (χ3v) is 2.53. The van der Waals surface area contributed by atoms with Crippen molar-refractivity contribution in [2.75, 3.05) is 0 Å². The van der Waals surface area contributed by atoms with Crippen molar-refractivity contribution in [1.82, 2.24) is 4.98 Å². The molecule has 2 aromatic rings. The van der Waals surface area contributed by atoms with Crippen LogP contribution in [0, 0.1) is 19.6 Å². The second kappa shape index (κ2) is 6.18. The molecule has 1 radical (unpaired) electrons. The predicted octanol–water partition coefficient (Wildman–Crippen LogP) is 2.13. The Morgan fingerprint density at radius 3 is 2.71 bits per heavy atom. The molecule has 1 aromatic heterocycles. The maximum Gasteiger partial charge on any atom is 0.263 e. The van der Waals surface area contributed by atoms with Gasteiger partial charge in [0, 0.05) is 38.4 Å². The first-order valence-corrected chi connectivity index (χ1v) is 5.11. The van der Waals surface area contributed by atoms with E-state index >= 15 is 0 Å². The van der Waals surface area contributed by atoms with Crippen molar-refractivity contribution in [2.24, 2.45) is 7.05 Å². The Morgan fingerprint density at radius 1 is 1.35 bits per heavy atom. The summed E-state index contributed by atoms with van der Waals surface area (Å²) in [6.07, 6.45) is 3.21. The van der Waals surface area contributed by atoms with Gasteiger partial charge in [-0.3, -0.25) is 10.6 Å². The standard InChI is InChI=1S/C14H13N2.Y/c1-4-12-9-14(16(3)10-15-12)13-8-6-5-7-11(13)2;/h1,4-8,10H,2-3H3;/q-1;. The summed E-state index contributed by atoms with van der Waals surface area (Å²) in [7, 11) is 1.95. The molecule has 0 saturated heterocycles. The maximum absolute atomic E-state index is 5.46. The summed E-state index contributed by atoms with van der Waals surface area (Å²) in [5, 5.41) is 0. The predicted molar refractivity (Wildman–Crippen MR) is 63.2 cm³/mol. The van der Waals surface area contributed by atoms with E-state index in [9.17, 15) is 0 Å². The van der Waals surface area contributed by atoms with Crippen LogP contribution in [0.15, 0.2) is 30.6 Å². The molecule has 0 aliphatic rings. The molecular formula is C14H13N2Y-. The number of benzene rings is 1. The van der Waals surface area contributed by atoms with Crippen molar-refractivity contribution < 1.29 is 37.3 Å². The molecule has 83 valence electrons. The quantitative estimate of drug-likeness (QED) is 0.613. The molecule has 1 aromatic carbocycles. The fourth-order valence-corrected chi connectivity index (χ4v) is 1.63. The number of aromatic nitrogens is 2. The van der Waals surface area contributed by atoms with Crippen LogP contribution in [0.1, 0.15) is 11.3 Å². The van der Waals surface area contributed by atoms with E-state index in [2.05, 4.69) is 30.1 Å². The number of rotatable bonds is 2. The van der Waals surface area contributed by atoms with E-state index < -0.39 is 0 Å². The maximum atomic E-state index is 5.46. The Balaban J connectivity index is 0.00000144. The van der Waals surface area contributed by atoms with E-state index in [1.54, 1.807) is 6.33 Å². The zero-order valence-corrected chi connectivity index (χ0v) is 12.9. The van der Waals surface area contributed by atoms with Gasteiger partial charge in [-0.15, -0.1) is 6.07 Å². The number of hydrogen-bond donors (Lipinski definition) is 0. The monoisotopic (exact) mass is 298 g/mol. The average molecular weight is 298 g/mol. The molecule has 2 rings (SSSR count). The first-order chi connectivity index (χ1) is 7.72. The number of hydrogen-bond acceptors (Lipinski definition) is 1. The first kappa shape index (κ1) is 14.2. The van der Waals surface area contributed by atoms with E-state index in [0.717, 1.165) is 11.3 Å². The number of nitrogens with zero attached hydrogens (tertiary/aromatic N) is 2. The molecule has 0 aliphatic carbocycles. The Hall–Kier alpha value is -0.856. The van der Waals surface area contributed by atoms with Gasteiger partial charge in [-0.2, -0.15) is 11.1 Å². The average Bonchev–Trinajstić information content (AvgIpc) is 2.31. The minimum atomic E-state index is 0. The third-order valence-electron chi connectivity index (χ3n) is 2.53. The topological polar surface area (TPSA) is 16.8 Å². The molecule has 0 aliphatic heterocycles. The van der Waals surface area contributed by atoms with Crippen molar-refractivity contribution in [3.05, 3.63) is 54.5 Å². The Bertz CT molecular complexity index is 535. The van der Waals surface area contributed by atoms with Gasteiger partial charge in [0.2, 0.25) is 0 Å². The summed E-state index contributed by atoms with van der Waals surface area (Å²) in [6, 6.07) is 11.4. The van der Waals surface area contributed by atoms with Crippen LogP contribution in [0.25, 0.3) is 17.3 Å². The molecule has 0 amide bonds. The molecular weight excluding hydrogens is 285 g/mol. The fraction of sp³-hybridized carbons (Fsp3) is 0.143. The Labute approximate surface area is 127 Å². The zero-order chi connectivity index (χ0) is 11.5. The summed E-state index contributed by atoms with van der Waals surface area (Å²) in [6.45, 7) is 7.54. The summed E-state index contributed by atoms with van der Waals surface area (Å²) >= 11 is 0. The SMILES string of the molecule is [CH-]=Cc1[c-]c(-c2ccccc2C)[n+](C)cn1.[Y]. The van der Waals surface area contributed by atoms with Gasteiger partial charge in [-0.25, -0.2) is 0 Å². The van der Waals surface area contributed by atoms with Crippen LogP contribution < -0.4 is 4.57 Å². The van der Waals surface area contributed by atoms with Gasteiger partial charge >= 0.3 is 0 Å². The van der Waals surface area contributed by atoms with Crippen LogP contribution in [0.2, 0.25) is 0 Å². The third kappa shape index (κ3) is 3.08. The molecule has 0 unspecified atom stereocenters. The zero-order valence-electron chi connectivity index (χ0n) is 10.0. The van der Waals surface area contributed by atoms with E-state index in [-0.39, 0.29) is 32.7 Å². The minimum absolute atomic E-state index is 0. The van der Waals surface area contributed by atoms with Crippen LogP contribution in [0.3, 0.4) is 0 Å². The smallest absolute Gasteiger partial charge is 0.263 e. The van der Waals surface area contributed by atoms with Crippen LogP contribution >= 0.6 is 0 Å². The molecule has 3 heteroatoms. The van der Waals surface area contributed by atoms with Crippen LogP contribution in [0.5, 0.6) is 0 Å². The molecule has 0 fully saturated rings. The second-order valence-corrected chi connectivity index (χ2v) is 3.70. The minimum Gasteiger partial charge on any atom is -0.357 e. The van der Waals surface area contributed by atoms with E-state index in [1.807, 2.05) is 23.7 Å². The van der Waals surface area contributed by atoms with Gasteiger partial charge in [-0.1, -0.05) is 41.9 Å². The van der Waals surface area contributed by atoms with E-state index in [1.165, 1.54) is 11.6 Å². The van der Waals surface area contributed by atoms with Crippen LogP contribution in [0.4, 0.5) is 0 Å². The van der Waals surface area contributed by atoms with E-state index in [0.29, 0.717) is 5.69 Å². The molecule has 1 heterocycles. The van der Waals surface area contributed by atoms with Crippen molar-refractivity contribution in [3.63, 3.8) is 0 Å². The van der Waals surface area contributed by atoms with Crippen molar-refractivity contribution >= 4 is 6.08 Å².